The Kier molecular flexibility index (Phi) is 4.41. The summed E-state index contributed by atoms with van der Waals surface area (Å²) in [7, 11) is 0. The van der Waals surface area contributed by atoms with Crippen LogP contribution in [0.25, 0.3) is 0 Å². The van der Waals surface area contributed by atoms with E-state index in [1.165, 1.54) is 11.2 Å². The van der Waals surface area contributed by atoms with Crippen molar-refractivity contribution in [1.82, 2.24) is 15.4 Å². The van der Waals surface area contributed by atoms with Gasteiger partial charge in [0.15, 0.2) is 0 Å². The van der Waals surface area contributed by atoms with Crippen LogP contribution in [0.2, 0.25) is 0 Å². The van der Waals surface area contributed by atoms with E-state index in [9.17, 15) is 9.59 Å². The van der Waals surface area contributed by atoms with Crippen molar-refractivity contribution in [3.63, 3.8) is 0 Å². The summed E-state index contributed by atoms with van der Waals surface area (Å²) >= 11 is 0. The molecular formula is C14H21N3O5. The fourth-order valence-electron chi connectivity index (χ4n) is 2.32. The second-order valence-corrected chi connectivity index (χ2v) is 6.53. The molecule has 22 heavy (non-hydrogen) atoms. The number of carboxylic acids is 1. The van der Waals surface area contributed by atoms with E-state index in [2.05, 4.69) is 10.5 Å². The molecule has 1 fully saturated rings. The molecule has 2 heterocycles. The van der Waals surface area contributed by atoms with Gasteiger partial charge in [0.2, 0.25) is 0 Å². The lowest BCUT2D eigenvalue weighted by Gasteiger charge is -2.49. The Hall–Kier alpha value is -2.09. The van der Waals surface area contributed by atoms with E-state index in [0.717, 1.165) is 0 Å². The van der Waals surface area contributed by atoms with Crippen molar-refractivity contribution >= 4 is 12.1 Å². The molecule has 0 aliphatic carbocycles. The van der Waals surface area contributed by atoms with Gasteiger partial charge in [-0.25, -0.2) is 4.79 Å². The second-order valence-electron chi connectivity index (χ2n) is 6.53. The first-order valence-corrected chi connectivity index (χ1v) is 7.03. The van der Waals surface area contributed by atoms with Crippen LogP contribution in [0.5, 0.6) is 0 Å². The molecule has 1 aromatic rings. The molecule has 1 aromatic heterocycles. The second kappa shape index (κ2) is 5.96. The predicted molar refractivity (Wildman–Crippen MR) is 76.1 cm³/mol. The normalized spacial score (nSPS) is 17.0. The molecule has 0 radical (unpaired) electrons. The van der Waals surface area contributed by atoms with Gasteiger partial charge in [0.05, 0.1) is 17.7 Å². The van der Waals surface area contributed by atoms with E-state index >= 15 is 0 Å². The number of amides is 1. The number of nitrogens with zero attached hydrogens (tertiary/aromatic N) is 2. The number of aromatic nitrogens is 1. The third-order valence-electron chi connectivity index (χ3n) is 3.26. The smallest absolute Gasteiger partial charge is 0.410 e. The number of hydrogen-bond donors (Lipinski definition) is 2. The van der Waals surface area contributed by atoms with Crippen molar-refractivity contribution in [2.75, 3.05) is 13.1 Å². The number of carboxylic acid groups (broad SMARTS) is 1. The summed E-state index contributed by atoms with van der Waals surface area (Å²) in [6.07, 6.45) is 0.940. The van der Waals surface area contributed by atoms with Crippen molar-refractivity contribution in [3.05, 3.63) is 18.0 Å². The van der Waals surface area contributed by atoms with Gasteiger partial charge in [0, 0.05) is 25.7 Å². The number of carbonyl (C=O) groups is 2. The topological polar surface area (TPSA) is 105 Å². The molecule has 1 aliphatic rings. The molecule has 1 aliphatic heterocycles. The highest BCUT2D eigenvalue weighted by molar-refractivity contribution is 5.73. The number of ether oxygens (including phenoxy) is 1. The Labute approximate surface area is 128 Å². The van der Waals surface area contributed by atoms with Crippen molar-refractivity contribution in [2.24, 2.45) is 0 Å². The maximum absolute atomic E-state index is 11.9. The first kappa shape index (κ1) is 16.3. The minimum absolute atomic E-state index is 0.0792. The van der Waals surface area contributed by atoms with Crippen LogP contribution in [0.1, 0.15) is 32.9 Å². The molecule has 2 rings (SSSR count). The minimum Gasteiger partial charge on any atom is -0.481 e. The van der Waals surface area contributed by atoms with Gasteiger partial charge in [-0.1, -0.05) is 5.16 Å². The van der Waals surface area contributed by atoms with E-state index in [0.29, 0.717) is 12.2 Å². The van der Waals surface area contributed by atoms with Crippen LogP contribution in [0.4, 0.5) is 4.79 Å². The predicted octanol–water partition coefficient (Wildman–Crippen LogP) is 1.23. The summed E-state index contributed by atoms with van der Waals surface area (Å²) in [4.78, 5) is 24.5. The van der Waals surface area contributed by atoms with Crippen LogP contribution >= 0.6 is 0 Å². The zero-order valence-electron chi connectivity index (χ0n) is 13.0. The van der Waals surface area contributed by atoms with Crippen LogP contribution in [-0.2, 0) is 16.1 Å². The van der Waals surface area contributed by atoms with Crippen LogP contribution in [0.3, 0.4) is 0 Å². The number of aliphatic carboxylic acids is 1. The standard InChI is InChI=1S/C14H21N3O5/c1-13(2,3)22-12(20)17-8-14(9-17,6-11(18)19)15-7-10-4-5-21-16-10/h4-5,15H,6-9H2,1-3H3,(H,18,19). The van der Waals surface area contributed by atoms with Crippen molar-refractivity contribution in [1.29, 1.82) is 0 Å². The van der Waals surface area contributed by atoms with Crippen LogP contribution in [-0.4, -0.2) is 51.5 Å². The van der Waals surface area contributed by atoms with E-state index in [1.807, 2.05) is 0 Å². The Balaban J connectivity index is 1.93. The molecule has 0 spiro atoms. The zero-order chi connectivity index (χ0) is 16.4. The first-order chi connectivity index (χ1) is 10.2. The molecule has 1 saturated heterocycles. The summed E-state index contributed by atoms with van der Waals surface area (Å²) in [6.45, 7) is 6.32. The molecule has 0 aromatic carbocycles. The Morgan fingerprint density at radius 2 is 2.18 bits per heavy atom. The highest BCUT2D eigenvalue weighted by Gasteiger charge is 2.47. The average molecular weight is 311 g/mol. The van der Waals surface area contributed by atoms with Gasteiger partial charge in [-0.2, -0.15) is 0 Å². The van der Waals surface area contributed by atoms with Crippen molar-refractivity contribution < 1.29 is 24.0 Å². The third-order valence-corrected chi connectivity index (χ3v) is 3.26. The average Bonchev–Trinajstić information content (AvgIpc) is 2.81. The van der Waals surface area contributed by atoms with E-state index < -0.39 is 23.2 Å². The van der Waals surface area contributed by atoms with Crippen molar-refractivity contribution in [2.45, 2.75) is 44.9 Å². The van der Waals surface area contributed by atoms with Gasteiger partial charge >= 0.3 is 12.1 Å². The Morgan fingerprint density at radius 3 is 2.68 bits per heavy atom. The van der Waals surface area contributed by atoms with Crippen LogP contribution in [0, 0.1) is 0 Å². The summed E-state index contributed by atoms with van der Waals surface area (Å²) in [6, 6.07) is 1.70. The summed E-state index contributed by atoms with van der Waals surface area (Å²) < 4.78 is 10.0. The van der Waals surface area contributed by atoms with E-state index in [-0.39, 0.29) is 19.5 Å². The number of carbonyl (C=O) groups excluding carboxylic acids is 1. The highest BCUT2D eigenvalue weighted by Crippen LogP contribution is 2.27. The van der Waals surface area contributed by atoms with Gasteiger partial charge < -0.3 is 24.6 Å². The number of nitrogens with one attached hydrogen (secondary N) is 1. The van der Waals surface area contributed by atoms with Crippen molar-refractivity contribution in [3.8, 4) is 0 Å². The monoisotopic (exact) mass is 311 g/mol. The van der Waals surface area contributed by atoms with Crippen LogP contribution in [0.15, 0.2) is 16.9 Å². The maximum atomic E-state index is 11.9. The molecule has 0 bridgehead atoms. The lowest BCUT2D eigenvalue weighted by Crippen LogP contribution is -2.71. The maximum Gasteiger partial charge on any atom is 0.410 e. The summed E-state index contributed by atoms with van der Waals surface area (Å²) in [5.74, 6) is -0.920. The van der Waals surface area contributed by atoms with Gasteiger partial charge in [0.1, 0.15) is 11.9 Å². The van der Waals surface area contributed by atoms with E-state index in [4.69, 9.17) is 14.4 Å². The molecule has 8 heteroatoms. The molecular weight excluding hydrogens is 290 g/mol. The minimum atomic E-state index is -0.920. The van der Waals surface area contributed by atoms with Gasteiger partial charge in [-0.15, -0.1) is 0 Å². The molecule has 0 atom stereocenters. The first-order valence-electron chi connectivity index (χ1n) is 7.03. The van der Waals surface area contributed by atoms with E-state index in [1.54, 1.807) is 26.8 Å². The molecule has 8 nitrogen and oxygen atoms in total. The lowest BCUT2D eigenvalue weighted by atomic mass is 9.86. The number of rotatable bonds is 5. The molecule has 2 N–H and O–H groups in total. The largest absolute Gasteiger partial charge is 0.481 e. The number of likely N-dealkylation sites (tertiary alicyclic amines) is 1. The summed E-state index contributed by atoms with van der Waals surface area (Å²) in [5.41, 5.74) is -0.557. The fraction of sp³-hybridized carbons (Fsp3) is 0.643. The fourth-order valence-corrected chi connectivity index (χ4v) is 2.32. The molecule has 0 saturated carbocycles. The SMILES string of the molecule is CC(C)(C)OC(=O)N1CC(CC(=O)O)(NCc2ccon2)C1. The Bertz CT molecular complexity index is 529. The lowest BCUT2D eigenvalue weighted by molar-refractivity contribution is -0.141. The molecule has 122 valence electrons. The Morgan fingerprint density at radius 1 is 1.50 bits per heavy atom. The van der Waals surface area contributed by atoms with Crippen LogP contribution < -0.4 is 5.32 Å². The number of hydrogen-bond acceptors (Lipinski definition) is 6. The quantitative estimate of drug-likeness (QED) is 0.842. The zero-order valence-corrected chi connectivity index (χ0v) is 13.0. The molecule has 1 amide bonds. The molecule has 0 unspecified atom stereocenters. The third kappa shape index (κ3) is 4.20. The van der Waals surface area contributed by atoms with Gasteiger partial charge in [0.25, 0.3) is 0 Å². The summed E-state index contributed by atoms with van der Waals surface area (Å²) in [5, 5.41) is 16.0. The highest BCUT2D eigenvalue weighted by atomic mass is 16.6. The van der Waals surface area contributed by atoms with Gasteiger partial charge in [-0.3, -0.25) is 4.79 Å². The van der Waals surface area contributed by atoms with Gasteiger partial charge in [-0.05, 0) is 20.8 Å².